The highest BCUT2D eigenvalue weighted by Crippen LogP contribution is 2.54. The van der Waals surface area contributed by atoms with Gasteiger partial charge in [0, 0.05) is 13.6 Å². The highest BCUT2D eigenvalue weighted by atomic mass is 16.5. The van der Waals surface area contributed by atoms with Gasteiger partial charge in [-0.25, -0.2) is 0 Å². The first-order valence-electron chi connectivity index (χ1n) is 9.70. The average molecular weight is 409 g/mol. The first-order chi connectivity index (χ1) is 14.5. The van der Waals surface area contributed by atoms with E-state index < -0.39 is 29.6 Å². The van der Waals surface area contributed by atoms with Gasteiger partial charge in [0.2, 0.25) is 17.7 Å². The standard InChI is InChI=1S/C22H23N3O5/c1-4-11-25-18(20(27)24-12-13-5-7-14(29-3)8-6-13)22-10-9-15(30-22)16(19(26)23-2)17(22)21(25)28/h1,5-10,15-18H,11-12H2,2-3H3,(H,23,26)(H,24,27)/t15-,16-,17+,18+,22+/m1/s1. The summed E-state index contributed by atoms with van der Waals surface area (Å²) in [5.41, 5.74) is -0.318. The van der Waals surface area contributed by atoms with Crippen molar-refractivity contribution >= 4 is 17.7 Å². The third-order valence-corrected chi connectivity index (χ3v) is 6.06. The van der Waals surface area contributed by atoms with E-state index >= 15 is 0 Å². The van der Waals surface area contributed by atoms with E-state index in [4.69, 9.17) is 15.9 Å². The van der Waals surface area contributed by atoms with Crippen LogP contribution in [0.15, 0.2) is 36.4 Å². The summed E-state index contributed by atoms with van der Waals surface area (Å²) >= 11 is 0. The van der Waals surface area contributed by atoms with E-state index in [1.807, 2.05) is 12.1 Å². The highest BCUT2D eigenvalue weighted by Gasteiger charge is 2.72. The Morgan fingerprint density at radius 1 is 1.30 bits per heavy atom. The van der Waals surface area contributed by atoms with Gasteiger partial charge >= 0.3 is 0 Å². The number of benzene rings is 1. The maximum absolute atomic E-state index is 13.2. The highest BCUT2D eigenvalue weighted by molar-refractivity contribution is 5.99. The molecule has 156 valence electrons. The summed E-state index contributed by atoms with van der Waals surface area (Å²) in [7, 11) is 3.10. The van der Waals surface area contributed by atoms with Gasteiger partial charge in [0.05, 0.1) is 31.6 Å². The Bertz CT molecular complexity index is 951. The smallest absolute Gasteiger partial charge is 0.246 e. The maximum atomic E-state index is 13.2. The van der Waals surface area contributed by atoms with E-state index in [1.165, 1.54) is 11.9 Å². The second-order valence-electron chi connectivity index (χ2n) is 7.55. The van der Waals surface area contributed by atoms with Crippen molar-refractivity contribution in [2.75, 3.05) is 20.7 Å². The number of amides is 3. The molecule has 2 bridgehead atoms. The summed E-state index contributed by atoms with van der Waals surface area (Å²) in [6.07, 6.45) is 8.43. The molecular formula is C22H23N3O5. The number of likely N-dealkylation sites (tertiary alicyclic amines) is 1. The second-order valence-corrected chi connectivity index (χ2v) is 7.55. The van der Waals surface area contributed by atoms with Crippen molar-refractivity contribution < 1.29 is 23.9 Å². The summed E-state index contributed by atoms with van der Waals surface area (Å²) in [6, 6.07) is 6.35. The van der Waals surface area contributed by atoms with E-state index in [9.17, 15) is 14.4 Å². The van der Waals surface area contributed by atoms with Crippen molar-refractivity contribution in [3.8, 4) is 18.1 Å². The number of nitrogens with zero attached hydrogens (tertiary/aromatic N) is 1. The Hall–Kier alpha value is -3.31. The Morgan fingerprint density at radius 2 is 2.03 bits per heavy atom. The van der Waals surface area contributed by atoms with Crippen molar-refractivity contribution in [3.63, 3.8) is 0 Å². The molecule has 2 saturated heterocycles. The molecule has 3 aliphatic rings. The fourth-order valence-electron chi connectivity index (χ4n) is 4.73. The van der Waals surface area contributed by atoms with Gasteiger partial charge in [-0.3, -0.25) is 14.4 Å². The fourth-order valence-corrected chi connectivity index (χ4v) is 4.73. The Morgan fingerprint density at radius 3 is 2.67 bits per heavy atom. The van der Waals surface area contributed by atoms with Crippen molar-refractivity contribution in [1.29, 1.82) is 0 Å². The van der Waals surface area contributed by atoms with Gasteiger partial charge in [-0.15, -0.1) is 6.42 Å². The number of hydrogen-bond donors (Lipinski definition) is 2. The van der Waals surface area contributed by atoms with Crippen LogP contribution < -0.4 is 15.4 Å². The lowest BCUT2D eigenvalue weighted by Gasteiger charge is -2.31. The molecule has 3 heterocycles. The molecule has 3 aliphatic heterocycles. The Balaban J connectivity index is 1.60. The third-order valence-electron chi connectivity index (χ3n) is 6.06. The second kappa shape index (κ2) is 7.50. The number of fused-ring (bicyclic) bond motifs is 1. The number of carbonyl (C=O) groups excluding carboxylic acids is 3. The molecule has 1 aromatic rings. The fraction of sp³-hybridized carbons (Fsp3) is 0.409. The van der Waals surface area contributed by atoms with Gasteiger partial charge in [-0.1, -0.05) is 30.2 Å². The first kappa shape index (κ1) is 20.0. The summed E-state index contributed by atoms with van der Waals surface area (Å²) in [5.74, 6) is 0.697. The van der Waals surface area contributed by atoms with Crippen LogP contribution in [0.1, 0.15) is 5.56 Å². The van der Waals surface area contributed by atoms with Gasteiger partial charge in [-0.2, -0.15) is 0 Å². The molecule has 1 spiro atoms. The number of hydrogen-bond acceptors (Lipinski definition) is 5. The number of carbonyl (C=O) groups is 3. The largest absolute Gasteiger partial charge is 0.497 e. The maximum Gasteiger partial charge on any atom is 0.246 e. The molecule has 2 fully saturated rings. The molecule has 0 unspecified atom stereocenters. The Kier molecular flexibility index (Phi) is 5.00. The lowest BCUT2D eigenvalue weighted by Crippen LogP contribution is -2.54. The number of methoxy groups -OCH3 is 1. The van der Waals surface area contributed by atoms with Crippen LogP contribution in [0.4, 0.5) is 0 Å². The van der Waals surface area contributed by atoms with Crippen LogP contribution in [-0.4, -0.2) is 61.1 Å². The number of rotatable bonds is 6. The molecule has 2 N–H and O–H groups in total. The van der Waals surface area contributed by atoms with E-state index in [0.717, 1.165) is 11.3 Å². The molecule has 0 aliphatic carbocycles. The first-order valence-corrected chi connectivity index (χ1v) is 9.70. The predicted molar refractivity (Wildman–Crippen MR) is 107 cm³/mol. The van der Waals surface area contributed by atoms with Crippen LogP contribution in [0.5, 0.6) is 5.75 Å². The van der Waals surface area contributed by atoms with E-state index in [2.05, 4.69) is 16.6 Å². The van der Waals surface area contributed by atoms with Crippen LogP contribution in [0.25, 0.3) is 0 Å². The minimum Gasteiger partial charge on any atom is -0.497 e. The molecule has 0 aromatic heterocycles. The number of ether oxygens (including phenoxy) is 2. The van der Waals surface area contributed by atoms with Crippen LogP contribution in [0, 0.1) is 24.2 Å². The summed E-state index contributed by atoms with van der Waals surface area (Å²) in [6.45, 7) is 0.226. The van der Waals surface area contributed by atoms with Crippen LogP contribution in [0.2, 0.25) is 0 Å². The third kappa shape index (κ3) is 2.85. The molecule has 1 aromatic carbocycles. The van der Waals surface area contributed by atoms with Gasteiger partial charge in [0.25, 0.3) is 0 Å². The number of nitrogens with one attached hydrogen (secondary N) is 2. The van der Waals surface area contributed by atoms with Gasteiger partial charge in [0.15, 0.2) is 0 Å². The van der Waals surface area contributed by atoms with E-state index in [0.29, 0.717) is 0 Å². The Labute approximate surface area is 174 Å². The quantitative estimate of drug-likeness (QED) is 0.503. The lowest BCUT2D eigenvalue weighted by atomic mass is 9.74. The normalized spacial score (nSPS) is 30.7. The SMILES string of the molecule is C#CCN1C(=O)[C@@H]2[C@H](C(=O)NC)[C@H]3C=C[C@@]2(O3)[C@@H]1C(=O)NCc1ccc(OC)cc1. The topological polar surface area (TPSA) is 97.0 Å². The molecule has 5 atom stereocenters. The minimum absolute atomic E-state index is 0.0416. The molecule has 8 heteroatoms. The molecule has 4 rings (SSSR count). The van der Waals surface area contributed by atoms with Crippen LogP contribution >= 0.6 is 0 Å². The molecule has 30 heavy (non-hydrogen) atoms. The van der Waals surface area contributed by atoms with Crippen LogP contribution in [0.3, 0.4) is 0 Å². The zero-order valence-corrected chi connectivity index (χ0v) is 16.8. The molecule has 3 amide bonds. The van der Waals surface area contributed by atoms with Gasteiger partial charge in [-0.05, 0) is 17.7 Å². The molecule has 0 radical (unpaired) electrons. The zero-order valence-electron chi connectivity index (χ0n) is 16.8. The van der Waals surface area contributed by atoms with Crippen molar-refractivity contribution in [2.24, 2.45) is 11.8 Å². The zero-order chi connectivity index (χ0) is 21.5. The van der Waals surface area contributed by atoms with Gasteiger partial charge in [0.1, 0.15) is 17.4 Å². The van der Waals surface area contributed by atoms with Crippen LogP contribution in [-0.2, 0) is 25.7 Å². The molecular weight excluding hydrogens is 386 g/mol. The predicted octanol–water partition coefficient (Wildman–Crippen LogP) is -0.159. The summed E-state index contributed by atoms with van der Waals surface area (Å²) < 4.78 is 11.2. The molecule has 0 saturated carbocycles. The van der Waals surface area contributed by atoms with Crippen molar-refractivity contribution in [2.45, 2.75) is 24.3 Å². The van der Waals surface area contributed by atoms with E-state index in [1.54, 1.807) is 31.4 Å². The minimum atomic E-state index is -1.19. The van der Waals surface area contributed by atoms with Crippen molar-refractivity contribution in [3.05, 3.63) is 42.0 Å². The van der Waals surface area contributed by atoms with Gasteiger partial charge < -0.3 is 25.0 Å². The summed E-state index contributed by atoms with van der Waals surface area (Å²) in [5, 5.41) is 5.47. The molecule has 8 nitrogen and oxygen atoms in total. The number of terminal acetylenes is 1. The monoisotopic (exact) mass is 409 g/mol. The summed E-state index contributed by atoms with van der Waals surface area (Å²) in [4.78, 5) is 40.2. The van der Waals surface area contributed by atoms with E-state index in [-0.39, 0.29) is 30.8 Å². The average Bonchev–Trinajstić information content (AvgIpc) is 3.40. The van der Waals surface area contributed by atoms with Crippen molar-refractivity contribution in [1.82, 2.24) is 15.5 Å². The lowest BCUT2D eigenvalue weighted by molar-refractivity contribution is -0.141.